The fourth-order valence-electron chi connectivity index (χ4n) is 2.98. The van der Waals surface area contributed by atoms with E-state index in [9.17, 15) is 4.79 Å². The second-order valence-electron chi connectivity index (χ2n) is 6.44. The summed E-state index contributed by atoms with van der Waals surface area (Å²) in [6.45, 7) is 7.71. The van der Waals surface area contributed by atoms with Crippen molar-refractivity contribution in [1.82, 2.24) is 9.55 Å². The van der Waals surface area contributed by atoms with Crippen molar-refractivity contribution in [2.75, 3.05) is 6.61 Å². The first kappa shape index (κ1) is 18.7. The van der Waals surface area contributed by atoms with Gasteiger partial charge in [0.05, 0.1) is 23.6 Å². The zero-order valence-corrected chi connectivity index (χ0v) is 17.2. The number of benzene rings is 1. The van der Waals surface area contributed by atoms with Gasteiger partial charge in [-0.1, -0.05) is 39.8 Å². The number of imidazole rings is 1. The van der Waals surface area contributed by atoms with Crippen LogP contribution < -0.4 is 0 Å². The highest BCUT2D eigenvalue weighted by atomic mass is 79.9. The van der Waals surface area contributed by atoms with Crippen molar-refractivity contribution >= 4 is 33.5 Å². The van der Waals surface area contributed by atoms with Gasteiger partial charge >= 0.3 is 0 Å². The molecule has 2 heterocycles. The normalized spacial score (nSPS) is 18.5. The molecule has 1 aliphatic heterocycles. The predicted octanol–water partition coefficient (Wildman–Crippen LogP) is 4.80. The second-order valence-corrected chi connectivity index (χ2v) is 8.67. The Kier molecular flexibility index (Phi) is 6.02. The minimum absolute atomic E-state index is 0.125. The lowest BCUT2D eigenvalue weighted by Crippen LogP contribution is -2.19. The van der Waals surface area contributed by atoms with Crippen LogP contribution >= 0.6 is 27.7 Å². The summed E-state index contributed by atoms with van der Waals surface area (Å²) in [4.78, 5) is 17.4. The first-order valence-electron chi connectivity index (χ1n) is 8.57. The van der Waals surface area contributed by atoms with Crippen molar-refractivity contribution in [2.45, 2.75) is 56.7 Å². The van der Waals surface area contributed by atoms with Gasteiger partial charge in [0.15, 0.2) is 10.9 Å². The number of Topliss-reactive ketones (excluding diaryl/α,β-unsaturated/α-hetero) is 1. The van der Waals surface area contributed by atoms with Gasteiger partial charge in [-0.2, -0.15) is 0 Å². The Morgan fingerprint density at radius 1 is 1.40 bits per heavy atom. The summed E-state index contributed by atoms with van der Waals surface area (Å²) in [5, 5.41) is 0.717. The molecule has 0 N–H and O–H groups in total. The Morgan fingerprint density at radius 2 is 2.12 bits per heavy atom. The highest BCUT2D eigenvalue weighted by molar-refractivity contribution is 9.10. The molecule has 2 aromatic rings. The quantitative estimate of drug-likeness (QED) is 0.494. The third-order valence-electron chi connectivity index (χ3n) is 4.61. The molecule has 0 aliphatic carbocycles. The van der Waals surface area contributed by atoms with Crippen LogP contribution in [-0.2, 0) is 11.3 Å². The molecule has 1 aromatic carbocycles. The molecular formula is C19H23BrN2O2S. The fourth-order valence-corrected chi connectivity index (χ4v) is 4.33. The maximum atomic E-state index is 12.7. The van der Waals surface area contributed by atoms with E-state index < -0.39 is 0 Å². The molecule has 1 saturated heterocycles. The van der Waals surface area contributed by atoms with E-state index in [1.54, 1.807) is 0 Å². The van der Waals surface area contributed by atoms with Crippen LogP contribution in [0.15, 0.2) is 33.9 Å². The van der Waals surface area contributed by atoms with Crippen LogP contribution in [0.5, 0.6) is 0 Å². The summed E-state index contributed by atoms with van der Waals surface area (Å²) in [5.74, 6) is 0.125. The summed E-state index contributed by atoms with van der Waals surface area (Å²) in [6.07, 6.45) is 2.47. The van der Waals surface area contributed by atoms with Gasteiger partial charge < -0.3 is 9.30 Å². The number of aromatic nitrogens is 2. The summed E-state index contributed by atoms with van der Waals surface area (Å²) in [7, 11) is 0. The topological polar surface area (TPSA) is 44.1 Å². The summed E-state index contributed by atoms with van der Waals surface area (Å²) >= 11 is 4.94. The number of nitrogens with zero attached hydrogens (tertiary/aromatic N) is 2. The van der Waals surface area contributed by atoms with Crippen LogP contribution in [0.3, 0.4) is 0 Å². The first-order chi connectivity index (χ1) is 12.0. The van der Waals surface area contributed by atoms with Crippen LogP contribution in [0.4, 0.5) is 0 Å². The van der Waals surface area contributed by atoms with Crippen molar-refractivity contribution in [1.29, 1.82) is 0 Å². The van der Waals surface area contributed by atoms with Gasteiger partial charge in [-0.25, -0.2) is 4.98 Å². The average molecular weight is 423 g/mol. The molecule has 1 aromatic heterocycles. The molecule has 25 heavy (non-hydrogen) atoms. The molecule has 134 valence electrons. The minimum Gasteiger partial charge on any atom is -0.376 e. The molecule has 0 radical (unpaired) electrons. The van der Waals surface area contributed by atoms with Crippen LogP contribution in [0.25, 0.3) is 0 Å². The monoisotopic (exact) mass is 422 g/mol. The molecule has 3 rings (SSSR count). The predicted molar refractivity (Wildman–Crippen MR) is 104 cm³/mol. The third kappa shape index (κ3) is 4.36. The first-order valence-corrected chi connectivity index (χ1v) is 10.2. The summed E-state index contributed by atoms with van der Waals surface area (Å²) in [5.41, 5.74) is 2.90. The van der Waals surface area contributed by atoms with Crippen molar-refractivity contribution in [2.24, 2.45) is 0 Å². The lowest BCUT2D eigenvalue weighted by atomic mass is 10.1. The largest absolute Gasteiger partial charge is 0.376 e. The number of carbonyl (C=O) groups excluding carboxylic acids is 1. The average Bonchev–Trinajstić information content (AvgIpc) is 3.19. The number of thioether (sulfide) groups is 1. The van der Waals surface area contributed by atoms with Gasteiger partial charge in [0, 0.05) is 22.3 Å². The number of ketones is 1. The van der Waals surface area contributed by atoms with Crippen molar-refractivity contribution < 1.29 is 9.53 Å². The van der Waals surface area contributed by atoms with E-state index in [1.807, 2.05) is 38.1 Å². The molecule has 1 fully saturated rings. The molecule has 0 amide bonds. The van der Waals surface area contributed by atoms with Crippen LogP contribution in [0.2, 0.25) is 0 Å². The maximum absolute atomic E-state index is 12.7. The fraction of sp³-hybridized carbons (Fsp3) is 0.474. The van der Waals surface area contributed by atoms with E-state index >= 15 is 0 Å². The van der Waals surface area contributed by atoms with Gasteiger partial charge in [-0.05, 0) is 45.7 Å². The van der Waals surface area contributed by atoms with E-state index in [-0.39, 0.29) is 17.1 Å². The van der Waals surface area contributed by atoms with Crippen LogP contribution in [0.1, 0.15) is 41.5 Å². The molecule has 0 bridgehead atoms. The van der Waals surface area contributed by atoms with Gasteiger partial charge in [0.1, 0.15) is 0 Å². The van der Waals surface area contributed by atoms with Crippen molar-refractivity contribution in [3.05, 3.63) is 45.7 Å². The Balaban J connectivity index is 1.76. The lowest BCUT2D eigenvalue weighted by molar-refractivity contribution is 0.0944. The van der Waals surface area contributed by atoms with E-state index in [1.165, 1.54) is 11.8 Å². The molecule has 1 aliphatic rings. The van der Waals surface area contributed by atoms with E-state index in [4.69, 9.17) is 9.72 Å². The minimum atomic E-state index is -0.189. The highest BCUT2D eigenvalue weighted by Gasteiger charge is 2.23. The van der Waals surface area contributed by atoms with Crippen LogP contribution in [-0.4, -0.2) is 33.3 Å². The zero-order valence-electron chi connectivity index (χ0n) is 14.8. The molecule has 6 heteroatoms. The Morgan fingerprint density at radius 3 is 2.76 bits per heavy atom. The molecule has 0 saturated carbocycles. The smallest absolute Gasteiger partial charge is 0.175 e. The molecule has 0 unspecified atom stereocenters. The number of aryl methyl sites for hydroxylation is 1. The SMILES string of the molecule is Cc1nc(S[C@@H](C)C(=O)c2ccc(Br)cc2)n(C[C@@H]2CCCO2)c1C. The number of carbonyl (C=O) groups is 1. The lowest BCUT2D eigenvalue weighted by Gasteiger charge is -2.16. The highest BCUT2D eigenvalue weighted by Crippen LogP contribution is 2.29. The van der Waals surface area contributed by atoms with E-state index in [0.717, 1.165) is 52.6 Å². The van der Waals surface area contributed by atoms with Gasteiger partial charge in [0.25, 0.3) is 0 Å². The Hall–Kier alpha value is -1.11. The number of ether oxygens (including phenoxy) is 1. The summed E-state index contributed by atoms with van der Waals surface area (Å²) in [6, 6.07) is 7.52. The second kappa shape index (κ2) is 8.06. The number of hydrogen-bond donors (Lipinski definition) is 0. The number of rotatable bonds is 6. The zero-order chi connectivity index (χ0) is 18.0. The van der Waals surface area contributed by atoms with Gasteiger partial charge in [0.2, 0.25) is 0 Å². The molecule has 2 atom stereocenters. The standard InChI is InChI=1S/C19H23BrN2O2S/c1-12-13(2)22(11-17-5-4-10-24-17)19(21-12)25-14(3)18(23)15-6-8-16(20)9-7-15/h6-9,14,17H,4-5,10-11H2,1-3H3/t14-,17-/m0/s1. The molecule has 0 spiro atoms. The number of halogens is 1. The Bertz CT molecular complexity index is 752. The summed E-state index contributed by atoms with van der Waals surface area (Å²) < 4.78 is 8.96. The number of hydrogen-bond acceptors (Lipinski definition) is 4. The van der Waals surface area contributed by atoms with Gasteiger partial charge in [-0.3, -0.25) is 4.79 Å². The van der Waals surface area contributed by atoms with E-state index in [2.05, 4.69) is 27.4 Å². The molecular weight excluding hydrogens is 400 g/mol. The van der Waals surface area contributed by atoms with Crippen LogP contribution in [0, 0.1) is 13.8 Å². The van der Waals surface area contributed by atoms with Crippen molar-refractivity contribution in [3.63, 3.8) is 0 Å². The van der Waals surface area contributed by atoms with E-state index in [0.29, 0.717) is 0 Å². The third-order valence-corrected chi connectivity index (χ3v) is 6.23. The van der Waals surface area contributed by atoms with Crippen molar-refractivity contribution in [3.8, 4) is 0 Å². The maximum Gasteiger partial charge on any atom is 0.175 e. The Labute approximate surface area is 161 Å². The molecule has 4 nitrogen and oxygen atoms in total. The van der Waals surface area contributed by atoms with Gasteiger partial charge in [-0.15, -0.1) is 0 Å².